The van der Waals surface area contributed by atoms with E-state index in [1.807, 2.05) is 43.3 Å². The van der Waals surface area contributed by atoms with Crippen LogP contribution in [0.4, 0.5) is 0 Å². The van der Waals surface area contributed by atoms with Crippen LogP contribution in [0.5, 0.6) is 0 Å². The van der Waals surface area contributed by atoms with Crippen LogP contribution >= 0.6 is 0 Å². The Labute approximate surface area is 128 Å². The van der Waals surface area contributed by atoms with Crippen LogP contribution in [-0.2, 0) is 6.42 Å². The van der Waals surface area contributed by atoms with Crippen molar-refractivity contribution >= 4 is 16.9 Å². The second-order valence-corrected chi connectivity index (χ2v) is 5.22. The first-order valence-electron chi connectivity index (χ1n) is 7.38. The molecule has 3 rings (SSSR count). The minimum absolute atomic E-state index is 0.131. The quantitative estimate of drug-likeness (QED) is 0.711. The number of amides is 1. The number of benzene rings is 1. The van der Waals surface area contributed by atoms with Gasteiger partial charge in [-0.05, 0) is 37.6 Å². The molecular weight excluding hydrogens is 276 g/mol. The number of aromatic amines is 1. The van der Waals surface area contributed by atoms with Crippen molar-refractivity contribution in [2.75, 3.05) is 6.54 Å². The molecule has 0 spiro atoms. The molecule has 2 N–H and O–H groups in total. The van der Waals surface area contributed by atoms with E-state index in [4.69, 9.17) is 0 Å². The van der Waals surface area contributed by atoms with E-state index in [0.29, 0.717) is 12.2 Å². The van der Waals surface area contributed by atoms with E-state index in [1.54, 1.807) is 6.07 Å². The number of carbonyl (C=O) groups is 1. The van der Waals surface area contributed by atoms with E-state index in [-0.39, 0.29) is 5.91 Å². The monoisotopic (exact) mass is 294 g/mol. The SMILES string of the molecule is Cc1cccc(C(=O)NCCCc2nc3ccccc3[nH]2)n1. The van der Waals surface area contributed by atoms with Crippen molar-refractivity contribution in [3.05, 3.63) is 59.7 Å². The van der Waals surface area contributed by atoms with Crippen LogP contribution < -0.4 is 5.32 Å². The first kappa shape index (κ1) is 14.3. The van der Waals surface area contributed by atoms with Gasteiger partial charge in [-0.3, -0.25) is 4.79 Å². The number of nitrogens with zero attached hydrogens (tertiary/aromatic N) is 2. The first-order chi connectivity index (χ1) is 10.7. The molecule has 0 aliphatic carbocycles. The Hall–Kier alpha value is -2.69. The third-order valence-electron chi connectivity index (χ3n) is 3.44. The Morgan fingerprint density at radius 2 is 2.00 bits per heavy atom. The standard InChI is InChI=1S/C17H18N4O/c1-12-6-4-9-15(19-12)17(22)18-11-5-10-16-20-13-7-2-3-8-14(13)21-16/h2-4,6-9H,5,10-11H2,1H3,(H,18,22)(H,20,21). The van der Waals surface area contributed by atoms with Crippen LogP contribution in [0, 0.1) is 6.92 Å². The Balaban J connectivity index is 1.50. The summed E-state index contributed by atoms with van der Waals surface area (Å²) < 4.78 is 0. The van der Waals surface area contributed by atoms with Crippen LogP contribution in [0.3, 0.4) is 0 Å². The number of H-pyrrole nitrogens is 1. The van der Waals surface area contributed by atoms with Crippen molar-refractivity contribution in [2.24, 2.45) is 0 Å². The number of nitrogens with one attached hydrogen (secondary N) is 2. The average molecular weight is 294 g/mol. The van der Waals surface area contributed by atoms with Gasteiger partial charge in [0, 0.05) is 18.7 Å². The van der Waals surface area contributed by atoms with Gasteiger partial charge in [-0.15, -0.1) is 0 Å². The van der Waals surface area contributed by atoms with Crippen molar-refractivity contribution in [2.45, 2.75) is 19.8 Å². The fourth-order valence-corrected chi connectivity index (χ4v) is 2.34. The van der Waals surface area contributed by atoms with Gasteiger partial charge in [0.25, 0.3) is 5.91 Å². The van der Waals surface area contributed by atoms with Crippen LogP contribution in [0.15, 0.2) is 42.5 Å². The van der Waals surface area contributed by atoms with Gasteiger partial charge in [-0.2, -0.15) is 0 Å². The summed E-state index contributed by atoms with van der Waals surface area (Å²) in [5, 5.41) is 2.89. The summed E-state index contributed by atoms with van der Waals surface area (Å²) >= 11 is 0. The predicted molar refractivity (Wildman–Crippen MR) is 85.7 cm³/mol. The molecule has 5 heteroatoms. The highest BCUT2D eigenvalue weighted by Gasteiger charge is 2.07. The minimum atomic E-state index is -0.131. The van der Waals surface area contributed by atoms with Gasteiger partial charge < -0.3 is 10.3 Å². The maximum atomic E-state index is 12.0. The van der Waals surface area contributed by atoms with Gasteiger partial charge in [-0.1, -0.05) is 18.2 Å². The summed E-state index contributed by atoms with van der Waals surface area (Å²) in [5.74, 6) is 0.817. The molecule has 0 aliphatic rings. The van der Waals surface area contributed by atoms with Crippen molar-refractivity contribution in [1.82, 2.24) is 20.3 Å². The molecule has 3 aromatic rings. The van der Waals surface area contributed by atoms with Gasteiger partial charge in [-0.25, -0.2) is 9.97 Å². The van der Waals surface area contributed by atoms with Gasteiger partial charge >= 0.3 is 0 Å². The average Bonchev–Trinajstić information content (AvgIpc) is 2.94. The highest BCUT2D eigenvalue weighted by atomic mass is 16.1. The number of carbonyl (C=O) groups excluding carboxylic acids is 1. The van der Waals surface area contributed by atoms with E-state index < -0.39 is 0 Å². The van der Waals surface area contributed by atoms with E-state index in [0.717, 1.165) is 35.4 Å². The predicted octanol–water partition coefficient (Wildman–Crippen LogP) is 2.63. The van der Waals surface area contributed by atoms with Gasteiger partial charge in [0.05, 0.1) is 11.0 Å². The molecule has 112 valence electrons. The molecule has 0 saturated carbocycles. The lowest BCUT2D eigenvalue weighted by molar-refractivity contribution is 0.0948. The number of aryl methyl sites for hydroxylation is 2. The third-order valence-corrected chi connectivity index (χ3v) is 3.44. The van der Waals surface area contributed by atoms with E-state index in [9.17, 15) is 4.79 Å². The molecule has 1 aromatic carbocycles. The van der Waals surface area contributed by atoms with E-state index in [1.165, 1.54) is 0 Å². The summed E-state index contributed by atoms with van der Waals surface area (Å²) in [4.78, 5) is 24.0. The van der Waals surface area contributed by atoms with Crippen molar-refractivity contribution in [1.29, 1.82) is 0 Å². The van der Waals surface area contributed by atoms with Crippen LogP contribution in [0.1, 0.15) is 28.4 Å². The molecule has 2 heterocycles. The van der Waals surface area contributed by atoms with Crippen molar-refractivity contribution < 1.29 is 4.79 Å². The molecule has 0 fully saturated rings. The molecule has 1 amide bonds. The second kappa shape index (κ2) is 6.39. The Bertz CT molecular complexity index is 761. The molecule has 5 nitrogen and oxygen atoms in total. The summed E-state index contributed by atoms with van der Waals surface area (Å²) in [6.45, 7) is 2.48. The first-order valence-corrected chi connectivity index (χ1v) is 7.38. The van der Waals surface area contributed by atoms with Crippen molar-refractivity contribution in [3.8, 4) is 0 Å². The number of hydrogen-bond donors (Lipinski definition) is 2. The zero-order valence-corrected chi connectivity index (χ0v) is 12.5. The molecular formula is C17H18N4O. The summed E-state index contributed by atoms with van der Waals surface area (Å²) in [5.41, 5.74) is 3.33. The zero-order valence-electron chi connectivity index (χ0n) is 12.5. The number of fused-ring (bicyclic) bond motifs is 1. The normalized spacial score (nSPS) is 10.8. The fraction of sp³-hybridized carbons (Fsp3) is 0.235. The summed E-state index contributed by atoms with van der Waals surface area (Å²) in [6.07, 6.45) is 1.63. The van der Waals surface area contributed by atoms with Crippen LogP contribution in [-0.4, -0.2) is 27.4 Å². The number of rotatable bonds is 5. The maximum absolute atomic E-state index is 12.0. The highest BCUT2D eigenvalue weighted by Crippen LogP contribution is 2.11. The number of aromatic nitrogens is 3. The van der Waals surface area contributed by atoms with Gasteiger partial charge in [0.1, 0.15) is 11.5 Å². The molecule has 0 radical (unpaired) electrons. The second-order valence-electron chi connectivity index (χ2n) is 5.22. The third kappa shape index (κ3) is 3.31. The van der Waals surface area contributed by atoms with E-state index >= 15 is 0 Å². The number of hydrogen-bond acceptors (Lipinski definition) is 3. The number of imidazole rings is 1. The Morgan fingerprint density at radius 3 is 2.82 bits per heavy atom. The molecule has 0 aliphatic heterocycles. The molecule has 0 saturated heterocycles. The zero-order chi connectivity index (χ0) is 15.4. The van der Waals surface area contributed by atoms with Gasteiger partial charge in [0.2, 0.25) is 0 Å². The highest BCUT2D eigenvalue weighted by molar-refractivity contribution is 5.92. The number of pyridine rings is 1. The lowest BCUT2D eigenvalue weighted by Gasteiger charge is -2.04. The molecule has 0 bridgehead atoms. The minimum Gasteiger partial charge on any atom is -0.351 e. The largest absolute Gasteiger partial charge is 0.351 e. The molecule has 0 atom stereocenters. The molecule has 0 unspecified atom stereocenters. The smallest absolute Gasteiger partial charge is 0.269 e. The fourth-order valence-electron chi connectivity index (χ4n) is 2.34. The lowest BCUT2D eigenvalue weighted by atomic mass is 10.2. The number of para-hydroxylation sites is 2. The summed E-state index contributed by atoms with van der Waals surface area (Å²) in [7, 11) is 0. The van der Waals surface area contributed by atoms with Crippen LogP contribution in [0.2, 0.25) is 0 Å². The Kier molecular flexibility index (Phi) is 4.14. The van der Waals surface area contributed by atoms with E-state index in [2.05, 4.69) is 20.3 Å². The molecule has 22 heavy (non-hydrogen) atoms. The van der Waals surface area contributed by atoms with Gasteiger partial charge in [0.15, 0.2) is 0 Å². The van der Waals surface area contributed by atoms with Crippen molar-refractivity contribution in [3.63, 3.8) is 0 Å². The lowest BCUT2D eigenvalue weighted by Crippen LogP contribution is -2.25. The maximum Gasteiger partial charge on any atom is 0.269 e. The molecule has 2 aromatic heterocycles. The summed E-state index contributed by atoms with van der Waals surface area (Å²) in [6, 6.07) is 13.4. The topological polar surface area (TPSA) is 70.7 Å². The van der Waals surface area contributed by atoms with Crippen LogP contribution in [0.25, 0.3) is 11.0 Å². The Morgan fingerprint density at radius 1 is 1.14 bits per heavy atom.